The molecule has 0 heterocycles. The van der Waals surface area contributed by atoms with E-state index in [2.05, 4.69) is 31.8 Å². The molecule has 2 aromatic carbocycles. The van der Waals surface area contributed by atoms with Crippen LogP contribution in [0.15, 0.2) is 58.1 Å². The summed E-state index contributed by atoms with van der Waals surface area (Å²) in [4.78, 5) is 23.5. The maximum Gasteiger partial charge on any atom is 0.240 e. The van der Waals surface area contributed by atoms with Gasteiger partial charge in [-0.1, -0.05) is 45.7 Å². The Bertz CT molecular complexity index is 765. The average Bonchev–Trinajstić information content (AvgIpc) is 2.53. The zero-order valence-electron chi connectivity index (χ0n) is 12.6. The van der Waals surface area contributed by atoms with Crippen molar-refractivity contribution in [1.29, 1.82) is 0 Å². The van der Waals surface area contributed by atoms with E-state index < -0.39 is 0 Å². The van der Waals surface area contributed by atoms with Gasteiger partial charge in [-0.15, -0.1) is 0 Å². The number of carbonyl (C=O) groups excluding carboxylic acids is 2. The molecule has 0 aliphatic carbocycles. The third kappa shape index (κ3) is 6.52. The van der Waals surface area contributed by atoms with Crippen LogP contribution in [0.3, 0.4) is 0 Å². The minimum atomic E-state index is -0.335. The van der Waals surface area contributed by atoms with E-state index in [4.69, 9.17) is 11.6 Å². The number of carbonyl (C=O) groups is 2. The van der Waals surface area contributed by atoms with Gasteiger partial charge in [-0.2, -0.15) is 5.10 Å². The van der Waals surface area contributed by atoms with Gasteiger partial charge in [0.05, 0.1) is 6.21 Å². The number of benzene rings is 2. The zero-order valence-corrected chi connectivity index (χ0v) is 15.0. The lowest BCUT2D eigenvalue weighted by atomic mass is 10.2. The predicted octanol–water partition coefficient (Wildman–Crippen LogP) is 3.97. The quantitative estimate of drug-likeness (QED) is 0.561. The van der Waals surface area contributed by atoms with Gasteiger partial charge in [-0.05, 0) is 35.9 Å². The molecule has 7 heteroatoms. The second kappa shape index (κ2) is 9.20. The second-order valence-corrected chi connectivity index (χ2v) is 6.26. The molecule has 2 N–H and O–H groups in total. The van der Waals surface area contributed by atoms with Gasteiger partial charge < -0.3 is 5.32 Å². The fraction of sp³-hybridized carbons (Fsp3) is 0.118. The van der Waals surface area contributed by atoms with E-state index in [1.54, 1.807) is 30.3 Å². The molecular formula is C17H15BrClN3O2. The van der Waals surface area contributed by atoms with Gasteiger partial charge in [0.1, 0.15) is 0 Å². The van der Waals surface area contributed by atoms with E-state index in [9.17, 15) is 9.59 Å². The van der Waals surface area contributed by atoms with Crippen LogP contribution in [0.2, 0.25) is 5.02 Å². The minimum Gasteiger partial charge on any atom is -0.326 e. The molecule has 2 amide bonds. The van der Waals surface area contributed by atoms with Crippen LogP contribution >= 0.6 is 27.5 Å². The topological polar surface area (TPSA) is 70.6 Å². The van der Waals surface area contributed by atoms with Crippen molar-refractivity contribution < 1.29 is 9.59 Å². The summed E-state index contributed by atoms with van der Waals surface area (Å²) in [6.07, 6.45) is 1.61. The Labute approximate surface area is 153 Å². The third-order valence-electron chi connectivity index (χ3n) is 2.94. The molecule has 24 heavy (non-hydrogen) atoms. The predicted molar refractivity (Wildman–Crippen MR) is 99.2 cm³/mol. The lowest BCUT2D eigenvalue weighted by molar-refractivity contribution is -0.124. The fourth-order valence-corrected chi connectivity index (χ4v) is 2.44. The van der Waals surface area contributed by atoms with E-state index in [-0.39, 0.29) is 24.7 Å². The normalized spacial score (nSPS) is 10.6. The van der Waals surface area contributed by atoms with Crippen molar-refractivity contribution in [2.75, 3.05) is 5.32 Å². The maximum absolute atomic E-state index is 11.8. The molecule has 0 saturated heterocycles. The first-order chi connectivity index (χ1) is 11.5. The number of nitrogens with one attached hydrogen (secondary N) is 2. The number of hydrogen-bond acceptors (Lipinski definition) is 3. The fourth-order valence-electron chi connectivity index (χ4n) is 1.84. The molecule has 0 radical (unpaired) electrons. The van der Waals surface area contributed by atoms with E-state index in [0.29, 0.717) is 10.7 Å². The van der Waals surface area contributed by atoms with Gasteiger partial charge in [0, 0.05) is 28.0 Å². The molecule has 0 aliphatic rings. The molecule has 0 fully saturated rings. The standard InChI is InChI=1S/C17H15BrClN3O2/c18-13-4-2-6-15(10-13)21-16(23)7-8-17(24)22-20-11-12-3-1-5-14(19)9-12/h1-6,9-11H,7-8H2,(H,21,23)(H,22,24). The lowest BCUT2D eigenvalue weighted by Gasteiger charge is -2.05. The van der Waals surface area contributed by atoms with Crippen molar-refractivity contribution in [2.24, 2.45) is 5.10 Å². The molecule has 124 valence electrons. The van der Waals surface area contributed by atoms with E-state index in [1.807, 2.05) is 18.2 Å². The summed E-state index contributed by atoms with van der Waals surface area (Å²) >= 11 is 9.18. The molecule has 0 aromatic heterocycles. The average molecular weight is 409 g/mol. The van der Waals surface area contributed by atoms with Crippen LogP contribution in [-0.4, -0.2) is 18.0 Å². The Kier molecular flexibility index (Phi) is 6.96. The highest BCUT2D eigenvalue weighted by atomic mass is 79.9. The number of nitrogens with zero attached hydrogens (tertiary/aromatic N) is 1. The smallest absolute Gasteiger partial charge is 0.240 e. The number of anilines is 1. The zero-order chi connectivity index (χ0) is 17.4. The molecule has 5 nitrogen and oxygen atoms in total. The summed E-state index contributed by atoms with van der Waals surface area (Å²) in [5.74, 6) is -0.570. The third-order valence-corrected chi connectivity index (χ3v) is 3.67. The molecule has 0 atom stereocenters. The van der Waals surface area contributed by atoms with Crippen molar-refractivity contribution in [2.45, 2.75) is 12.8 Å². The molecular weight excluding hydrogens is 394 g/mol. The monoisotopic (exact) mass is 407 g/mol. The molecule has 0 aliphatic heterocycles. The first-order valence-corrected chi connectivity index (χ1v) is 8.33. The van der Waals surface area contributed by atoms with Crippen LogP contribution in [0, 0.1) is 0 Å². The van der Waals surface area contributed by atoms with Gasteiger partial charge in [-0.3, -0.25) is 9.59 Å². The van der Waals surface area contributed by atoms with Crippen LogP contribution in [-0.2, 0) is 9.59 Å². The number of halogens is 2. The van der Waals surface area contributed by atoms with Crippen LogP contribution in [0.4, 0.5) is 5.69 Å². The van der Waals surface area contributed by atoms with Crippen molar-refractivity contribution in [1.82, 2.24) is 5.43 Å². The molecule has 0 unspecified atom stereocenters. The van der Waals surface area contributed by atoms with Crippen molar-refractivity contribution in [3.05, 3.63) is 63.6 Å². The highest BCUT2D eigenvalue weighted by molar-refractivity contribution is 9.10. The van der Waals surface area contributed by atoms with E-state index in [0.717, 1.165) is 10.0 Å². The molecule has 2 rings (SSSR count). The maximum atomic E-state index is 11.8. The van der Waals surface area contributed by atoms with E-state index >= 15 is 0 Å². The van der Waals surface area contributed by atoms with E-state index in [1.165, 1.54) is 6.21 Å². The van der Waals surface area contributed by atoms with Crippen molar-refractivity contribution in [3.63, 3.8) is 0 Å². The molecule has 0 bridgehead atoms. The highest BCUT2D eigenvalue weighted by Crippen LogP contribution is 2.15. The SMILES string of the molecule is O=C(CCC(=O)Nc1cccc(Br)c1)NN=Cc1cccc(Cl)c1. The Balaban J connectivity index is 1.73. The van der Waals surface area contributed by atoms with Crippen LogP contribution < -0.4 is 10.7 Å². The minimum absolute atomic E-state index is 0.0483. The van der Waals surface area contributed by atoms with Crippen molar-refractivity contribution in [3.8, 4) is 0 Å². The lowest BCUT2D eigenvalue weighted by Crippen LogP contribution is -2.20. The Morgan fingerprint density at radius 3 is 2.58 bits per heavy atom. The Hall–Kier alpha value is -2.18. The van der Waals surface area contributed by atoms with Gasteiger partial charge in [-0.25, -0.2) is 5.43 Å². The molecule has 2 aromatic rings. The van der Waals surface area contributed by atoms with Gasteiger partial charge in [0.15, 0.2) is 0 Å². The van der Waals surface area contributed by atoms with Crippen molar-refractivity contribution >= 4 is 51.2 Å². The van der Waals surface area contributed by atoms with Gasteiger partial charge in [0.2, 0.25) is 11.8 Å². The second-order valence-electron chi connectivity index (χ2n) is 4.91. The number of amides is 2. The number of rotatable bonds is 6. The van der Waals surface area contributed by atoms with Crippen LogP contribution in [0.5, 0.6) is 0 Å². The number of hydrazone groups is 1. The van der Waals surface area contributed by atoms with Gasteiger partial charge >= 0.3 is 0 Å². The van der Waals surface area contributed by atoms with Crippen LogP contribution in [0.25, 0.3) is 0 Å². The summed E-state index contributed by atoms with van der Waals surface area (Å²) in [5, 5.41) is 7.15. The summed E-state index contributed by atoms with van der Waals surface area (Å²) in [6.45, 7) is 0. The summed E-state index contributed by atoms with van der Waals surface area (Å²) in [6, 6.07) is 14.3. The largest absolute Gasteiger partial charge is 0.326 e. The number of hydrogen-bond donors (Lipinski definition) is 2. The molecule has 0 saturated carbocycles. The Morgan fingerprint density at radius 2 is 1.83 bits per heavy atom. The van der Waals surface area contributed by atoms with Gasteiger partial charge in [0.25, 0.3) is 0 Å². The summed E-state index contributed by atoms with van der Waals surface area (Å²) in [5.41, 5.74) is 3.83. The first-order valence-electron chi connectivity index (χ1n) is 7.16. The summed E-state index contributed by atoms with van der Waals surface area (Å²) in [7, 11) is 0. The van der Waals surface area contributed by atoms with Crippen LogP contribution in [0.1, 0.15) is 18.4 Å². The Morgan fingerprint density at radius 1 is 1.08 bits per heavy atom. The summed E-state index contributed by atoms with van der Waals surface area (Å²) < 4.78 is 0.869. The molecule has 0 spiro atoms. The highest BCUT2D eigenvalue weighted by Gasteiger charge is 2.06. The first kappa shape index (κ1) is 18.2.